The molecule has 1 heterocycles. The smallest absolute Gasteiger partial charge is 0.351 e. The Morgan fingerprint density at radius 1 is 1.40 bits per heavy atom. The molecule has 1 aromatic rings. The molecule has 2 rings (SSSR count). The second kappa shape index (κ2) is 6.61. The van der Waals surface area contributed by atoms with Gasteiger partial charge in [0, 0.05) is 12.6 Å². The summed E-state index contributed by atoms with van der Waals surface area (Å²) in [7, 11) is 2.00. The average Bonchev–Trinajstić information content (AvgIpc) is 2.46. The van der Waals surface area contributed by atoms with E-state index >= 15 is 0 Å². The molecule has 0 N–H and O–H groups in total. The molecule has 1 atom stereocenters. The molecule has 0 radical (unpaired) electrons. The van der Waals surface area contributed by atoms with Crippen LogP contribution in [0.15, 0.2) is 24.3 Å². The van der Waals surface area contributed by atoms with Gasteiger partial charge in [0.25, 0.3) is 0 Å². The number of carbonyl (C=O) groups excluding carboxylic acids is 1. The standard InChI is InChI=1S/C15H21NO4/c1-11(2)16(3)8-9-18-15(17)14-10-19-12-6-4-5-7-13(12)20-14/h4-7,11,14H,8-10H2,1-3H3/t14-/m0/s1. The van der Waals surface area contributed by atoms with E-state index in [0.717, 1.165) is 0 Å². The summed E-state index contributed by atoms with van der Waals surface area (Å²) in [5.41, 5.74) is 0. The van der Waals surface area contributed by atoms with Crippen molar-refractivity contribution in [1.29, 1.82) is 0 Å². The van der Waals surface area contributed by atoms with Crippen LogP contribution in [0, 0.1) is 0 Å². The largest absolute Gasteiger partial charge is 0.485 e. The molecule has 5 nitrogen and oxygen atoms in total. The molecule has 0 spiro atoms. The van der Waals surface area contributed by atoms with Crippen LogP contribution < -0.4 is 9.47 Å². The van der Waals surface area contributed by atoms with E-state index in [-0.39, 0.29) is 12.6 Å². The summed E-state index contributed by atoms with van der Waals surface area (Å²) in [5.74, 6) is 0.868. The highest BCUT2D eigenvalue weighted by Crippen LogP contribution is 2.31. The Kier molecular flexibility index (Phi) is 4.84. The predicted molar refractivity (Wildman–Crippen MR) is 75.1 cm³/mol. The van der Waals surface area contributed by atoms with Gasteiger partial charge in [0.2, 0.25) is 6.10 Å². The van der Waals surface area contributed by atoms with Crippen molar-refractivity contribution >= 4 is 5.97 Å². The highest BCUT2D eigenvalue weighted by atomic mass is 16.6. The molecule has 0 aromatic heterocycles. The Morgan fingerprint density at radius 3 is 2.80 bits per heavy atom. The van der Waals surface area contributed by atoms with Crippen molar-refractivity contribution in [2.45, 2.75) is 26.0 Å². The molecular formula is C15H21NO4. The van der Waals surface area contributed by atoms with Crippen LogP contribution in [-0.2, 0) is 9.53 Å². The topological polar surface area (TPSA) is 48.0 Å². The van der Waals surface area contributed by atoms with Gasteiger partial charge in [-0.25, -0.2) is 4.79 Å². The summed E-state index contributed by atoms with van der Waals surface area (Å²) in [6.45, 7) is 5.44. The molecule has 0 amide bonds. The van der Waals surface area contributed by atoms with Gasteiger partial charge < -0.3 is 19.1 Å². The summed E-state index contributed by atoms with van der Waals surface area (Å²) >= 11 is 0. The molecule has 0 unspecified atom stereocenters. The Hall–Kier alpha value is -1.75. The van der Waals surface area contributed by atoms with E-state index in [1.807, 2.05) is 25.2 Å². The number of fused-ring (bicyclic) bond motifs is 1. The number of hydrogen-bond acceptors (Lipinski definition) is 5. The van der Waals surface area contributed by atoms with Crippen molar-refractivity contribution in [1.82, 2.24) is 4.90 Å². The lowest BCUT2D eigenvalue weighted by molar-refractivity contribution is -0.154. The summed E-state index contributed by atoms with van der Waals surface area (Å²) in [5, 5.41) is 0. The third-order valence-electron chi connectivity index (χ3n) is 3.34. The highest BCUT2D eigenvalue weighted by Gasteiger charge is 2.28. The fourth-order valence-electron chi connectivity index (χ4n) is 1.78. The number of hydrogen-bond donors (Lipinski definition) is 0. The first-order valence-corrected chi connectivity index (χ1v) is 6.83. The first kappa shape index (κ1) is 14.7. The second-order valence-corrected chi connectivity index (χ2v) is 5.11. The van der Waals surface area contributed by atoms with Crippen molar-refractivity contribution in [3.8, 4) is 11.5 Å². The van der Waals surface area contributed by atoms with Gasteiger partial charge in [0.1, 0.15) is 13.2 Å². The maximum absolute atomic E-state index is 11.9. The van der Waals surface area contributed by atoms with Gasteiger partial charge >= 0.3 is 5.97 Å². The maximum atomic E-state index is 11.9. The molecule has 20 heavy (non-hydrogen) atoms. The number of carbonyl (C=O) groups is 1. The first-order chi connectivity index (χ1) is 9.58. The van der Waals surface area contributed by atoms with Gasteiger partial charge in [-0.15, -0.1) is 0 Å². The zero-order chi connectivity index (χ0) is 14.5. The SMILES string of the molecule is CC(C)N(C)CCOC(=O)[C@@H]1COc2ccccc2O1. The maximum Gasteiger partial charge on any atom is 0.351 e. The number of rotatable bonds is 5. The van der Waals surface area contributed by atoms with Crippen LogP contribution >= 0.6 is 0 Å². The van der Waals surface area contributed by atoms with E-state index in [1.165, 1.54) is 0 Å². The zero-order valence-corrected chi connectivity index (χ0v) is 12.2. The molecular weight excluding hydrogens is 258 g/mol. The summed E-state index contributed by atoms with van der Waals surface area (Å²) in [4.78, 5) is 14.0. The third-order valence-corrected chi connectivity index (χ3v) is 3.34. The first-order valence-electron chi connectivity index (χ1n) is 6.83. The minimum Gasteiger partial charge on any atom is -0.485 e. The monoisotopic (exact) mass is 279 g/mol. The minimum absolute atomic E-state index is 0.190. The Labute approximate surface area is 119 Å². The minimum atomic E-state index is -0.686. The van der Waals surface area contributed by atoms with E-state index in [9.17, 15) is 4.79 Å². The van der Waals surface area contributed by atoms with Crippen LogP contribution in [0.3, 0.4) is 0 Å². The summed E-state index contributed by atoms with van der Waals surface area (Å²) in [6, 6.07) is 7.72. The second-order valence-electron chi connectivity index (χ2n) is 5.11. The quantitative estimate of drug-likeness (QED) is 0.768. The van der Waals surface area contributed by atoms with E-state index in [4.69, 9.17) is 14.2 Å². The van der Waals surface area contributed by atoms with Gasteiger partial charge in [0.05, 0.1) is 0 Å². The molecule has 110 valence electrons. The van der Waals surface area contributed by atoms with Gasteiger partial charge in [-0.1, -0.05) is 12.1 Å². The number of para-hydroxylation sites is 2. The molecule has 1 aromatic carbocycles. The predicted octanol–water partition coefficient (Wildman–Crippen LogP) is 1.71. The number of esters is 1. The molecule has 0 bridgehead atoms. The van der Waals surface area contributed by atoms with Crippen LogP contribution in [0.1, 0.15) is 13.8 Å². The van der Waals surface area contributed by atoms with Crippen LogP contribution in [0.4, 0.5) is 0 Å². The number of nitrogens with zero attached hydrogens (tertiary/aromatic N) is 1. The van der Waals surface area contributed by atoms with Crippen molar-refractivity contribution in [2.24, 2.45) is 0 Å². The third kappa shape index (κ3) is 3.63. The van der Waals surface area contributed by atoms with Gasteiger partial charge in [-0.3, -0.25) is 0 Å². The van der Waals surface area contributed by atoms with Gasteiger partial charge in [-0.05, 0) is 33.0 Å². The molecule has 5 heteroatoms. The van der Waals surface area contributed by atoms with E-state index in [2.05, 4.69) is 18.7 Å². The Morgan fingerprint density at radius 2 is 2.10 bits per heavy atom. The molecule has 1 aliphatic heterocycles. The molecule has 0 saturated carbocycles. The number of ether oxygens (including phenoxy) is 3. The lowest BCUT2D eigenvalue weighted by atomic mass is 10.2. The fourth-order valence-corrected chi connectivity index (χ4v) is 1.78. The number of benzene rings is 1. The van der Waals surface area contributed by atoms with E-state index in [0.29, 0.717) is 30.7 Å². The fraction of sp³-hybridized carbons (Fsp3) is 0.533. The normalized spacial score (nSPS) is 17.4. The number of likely N-dealkylation sites (N-methyl/N-ethyl adjacent to an activating group) is 1. The van der Waals surface area contributed by atoms with Crippen LogP contribution in [0.2, 0.25) is 0 Å². The van der Waals surface area contributed by atoms with E-state index < -0.39 is 6.10 Å². The molecule has 0 fully saturated rings. The lowest BCUT2D eigenvalue weighted by Gasteiger charge is -2.25. The van der Waals surface area contributed by atoms with Crippen LogP contribution in [0.25, 0.3) is 0 Å². The molecule has 1 aliphatic rings. The average molecular weight is 279 g/mol. The van der Waals surface area contributed by atoms with Gasteiger partial charge in [0.15, 0.2) is 11.5 Å². The zero-order valence-electron chi connectivity index (χ0n) is 12.2. The lowest BCUT2D eigenvalue weighted by Crippen LogP contribution is -2.39. The van der Waals surface area contributed by atoms with Crippen molar-refractivity contribution in [3.63, 3.8) is 0 Å². The summed E-state index contributed by atoms with van der Waals surface area (Å²) < 4.78 is 16.3. The molecule has 0 saturated heterocycles. The van der Waals surface area contributed by atoms with Gasteiger partial charge in [-0.2, -0.15) is 0 Å². The van der Waals surface area contributed by atoms with Crippen LogP contribution in [0.5, 0.6) is 11.5 Å². The Balaban J connectivity index is 1.80. The van der Waals surface area contributed by atoms with Crippen molar-refractivity contribution in [2.75, 3.05) is 26.8 Å². The molecule has 0 aliphatic carbocycles. The van der Waals surface area contributed by atoms with Crippen LogP contribution in [-0.4, -0.2) is 49.8 Å². The van der Waals surface area contributed by atoms with Crippen molar-refractivity contribution < 1.29 is 19.0 Å². The highest BCUT2D eigenvalue weighted by molar-refractivity contribution is 5.76. The van der Waals surface area contributed by atoms with Crippen molar-refractivity contribution in [3.05, 3.63) is 24.3 Å². The van der Waals surface area contributed by atoms with E-state index in [1.54, 1.807) is 6.07 Å². The Bertz CT molecular complexity index is 461. The summed E-state index contributed by atoms with van der Waals surface area (Å²) in [6.07, 6.45) is -0.686.